The summed E-state index contributed by atoms with van der Waals surface area (Å²) in [5.74, 6) is 5.63. The Bertz CT molecular complexity index is 501. The van der Waals surface area contributed by atoms with Crippen molar-refractivity contribution in [2.45, 2.75) is 20.3 Å². The Kier molecular flexibility index (Phi) is 7.41. The van der Waals surface area contributed by atoms with Gasteiger partial charge in [-0.1, -0.05) is 17.9 Å². The molecule has 0 radical (unpaired) electrons. The minimum Gasteiger partial charge on any atom is -0.382 e. The minimum absolute atomic E-state index is 0.109. The molecule has 0 aliphatic heterocycles. The molecule has 0 spiro atoms. The first-order valence-corrected chi connectivity index (χ1v) is 6.84. The topological polar surface area (TPSA) is 64.3 Å². The van der Waals surface area contributed by atoms with Crippen LogP contribution >= 0.6 is 0 Å². The fourth-order valence-electron chi connectivity index (χ4n) is 1.72. The number of carbonyl (C=O) groups is 1. The maximum atomic E-state index is 12.1. The summed E-state index contributed by atoms with van der Waals surface area (Å²) >= 11 is 0. The second kappa shape index (κ2) is 9.13. The highest BCUT2D eigenvalue weighted by molar-refractivity contribution is 5.96. The smallest absolute Gasteiger partial charge is 0.252 e. The zero-order chi connectivity index (χ0) is 14.8. The van der Waals surface area contributed by atoms with Crippen LogP contribution in [-0.2, 0) is 4.74 Å². The summed E-state index contributed by atoms with van der Waals surface area (Å²) in [6.07, 6.45) is 0.801. The molecule has 0 unspecified atom stereocenters. The van der Waals surface area contributed by atoms with Gasteiger partial charge in [0, 0.05) is 25.3 Å². The molecule has 0 atom stereocenters. The number of nitrogens with one attached hydrogen (secondary N) is 1. The van der Waals surface area contributed by atoms with Crippen molar-refractivity contribution in [3.8, 4) is 11.8 Å². The molecule has 4 nitrogen and oxygen atoms in total. The minimum atomic E-state index is -0.109. The van der Waals surface area contributed by atoms with Crippen molar-refractivity contribution < 1.29 is 9.53 Å². The first-order valence-electron chi connectivity index (χ1n) is 6.84. The Hall–Kier alpha value is -1.83. The highest BCUT2D eigenvalue weighted by Gasteiger charge is 2.09. The van der Waals surface area contributed by atoms with Gasteiger partial charge in [-0.15, -0.1) is 0 Å². The summed E-state index contributed by atoms with van der Waals surface area (Å²) in [7, 11) is 0. The van der Waals surface area contributed by atoms with E-state index in [1.165, 1.54) is 0 Å². The van der Waals surface area contributed by atoms with E-state index in [1.54, 1.807) is 6.07 Å². The number of amides is 1. The van der Waals surface area contributed by atoms with E-state index in [1.807, 2.05) is 26.0 Å². The molecule has 1 aromatic rings. The number of rotatable bonds is 6. The average molecular weight is 274 g/mol. The van der Waals surface area contributed by atoms with Gasteiger partial charge in [0.25, 0.3) is 5.91 Å². The van der Waals surface area contributed by atoms with Gasteiger partial charge < -0.3 is 15.8 Å². The molecule has 0 saturated carbocycles. The van der Waals surface area contributed by atoms with Gasteiger partial charge in [0.1, 0.15) is 0 Å². The molecule has 0 heterocycles. The number of nitrogens with two attached hydrogens (primary N) is 1. The molecule has 0 aliphatic rings. The Labute approximate surface area is 120 Å². The first kappa shape index (κ1) is 16.2. The first-order chi connectivity index (χ1) is 9.69. The number of aryl methyl sites for hydroxylation is 1. The van der Waals surface area contributed by atoms with Crippen LogP contribution in [0.3, 0.4) is 0 Å². The van der Waals surface area contributed by atoms with Crippen molar-refractivity contribution in [3.05, 3.63) is 34.9 Å². The Morgan fingerprint density at radius 1 is 1.45 bits per heavy atom. The molecule has 0 aliphatic carbocycles. The van der Waals surface area contributed by atoms with Gasteiger partial charge in [0.15, 0.2) is 0 Å². The van der Waals surface area contributed by atoms with Gasteiger partial charge in [-0.25, -0.2) is 0 Å². The quantitative estimate of drug-likeness (QED) is 0.610. The Balaban J connectivity index is 2.67. The summed E-state index contributed by atoms with van der Waals surface area (Å²) in [6, 6.07) is 5.61. The summed E-state index contributed by atoms with van der Waals surface area (Å²) in [5.41, 5.74) is 7.76. The Morgan fingerprint density at radius 3 is 2.95 bits per heavy atom. The standard InChI is InChI=1S/C16H22N2O2/c1-3-20-11-5-10-18-16(19)15-8-7-13(2)12-14(15)6-4-9-17/h7-8,12H,3,5,9-11,17H2,1-2H3,(H,18,19). The molecule has 1 aromatic carbocycles. The van der Waals surface area contributed by atoms with Crippen molar-refractivity contribution in [2.75, 3.05) is 26.3 Å². The third-order valence-corrected chi connectivity index (χ3v) is 2.70. The van der Waals surface area contributed by atoms with Gasteiger partial charge in [-0.3, -0.25) is 4.79 Å². The lowest BCUT2D eigenvalue weighted by atomic mass is 10.0. The predicted molar refractivity (Wildman–Crippen MR) is 80.6 cm³/mol. The fourth-order valence-corrected chi connectivity index (χ4v) is 1.72. The number of hydrogen-bond acceptors (Lipinski definition) is 3. The molecule has 3 N–H and O–H groups in total. The largest absolute Gasteiger partial charge is 0.382 e. The van der Waals surface area contributed by atoms with Crippen LogP contribution in [0.15, 0.2) is 18.2 Å². The maximum absolute atomic E-state index is 12.1. The molecule has 4 heteroatoms. The van der Waals surface area contributed by atoms with E-state index in [4.69, 9.17) is 10.5 Å². The second-order valence-electron chi connectivity index (χ2n) is 4.36. The van der Waals surface area contributed by atoms with Gasteiger partial charge in [0.05, 0.1) is 12.1 Å². The van der Waals surface area contributed by atoms with Crippen LogP contribution in [0.1, 0.15) is 34.8 Å². The predicted octanol–water partition coefficient (Wildman–Crippen LogP) is 1.46. The van der Waals surface area contributed by atoms with Gasteiger partial charge in [-0.05, 0) is 38.0 Å². The van der Waals surface area contributed by atoms with Crippen LogP contribution in [0.25, 0.3) is 0 Å². The molecular weight excluding hydrogens is 252 g/mol. The third-order valence-electron chi connectivity index (χ3n) is 2.70. The fraction of sp³-hybridized carbons (Fsp3) is 0.438. The van der Waals surface area contributed by atoms with Crippen molar-refractivity contribution in [2.24, 2.45) is 5.73 Å². The summed E-state index contributed by atoms with van der Waals surface area (Å²) in [4.78, 5) is 12.1. The summed E-state index contributed by atoms with van der Waals surface area (Å²) < 4.78 is 5.23. The van der Waals surface area contributed by atoms with E-state index < -0.39 is 0 Å². The molecule has 0 fully saturated rings. The van der Waals surface area contributed by atoms with Crippen molar-refractivity contribution in [1.82, 2.24) is 5.32 Å². The van der Waals surface area contributed by atoms with Crippen LogP contribution in [0, 0.1) is 18.8 Å². The van der Waals surface area contributed by atoms with E-state index in [9.17, 15) is 4.79 Å². The summed E-state index contributed by atoms with van der Waals surface area (Å²) in [6.45, 7) is 6.15. The summed E-state index contributed by atoms with van der Waals surface area (Å²) in [5, 5.41) is 2.88. The average Bonchev–Trinajstić information content (AvgIpc) is 2.44. The molecule has 0 aromatic heterocycles. The molecular formula is C16H22N2O2. The normalized spacial score (nSPS) is 9.75. The molecule has 0 saturated heterocycles. The van der Waals surface area contributed by atoms with Crippen LogP contribution < -0.4 is 11.1 Å². The van der Waals surface area contributed by atoms with Crippen LogP contribution in [0.2, 0.25) is 0 Å². The van der Waals surface area contributed by atoms with E-state index in [2.05, 4.69) is 17.2 Å². The van der Waals surface area contributed by atoms with Crippen molar-refractivity contribution in [1.29, 1.82) is 0 Å². The highest BCUT2D eigenvalue weighted by Crippen LogP contribution is 2.10. The number of ether oxygens (including phenoxy) is 1. The third kappa shape index (κ3) is 5.43. The van der Waals surface area contributed by atoms with E-state index in [0.717, 1.165) is 17.5 Å². The van der Waals surface area contributed by atoms with Gasteiger partial charge >= 0.3 is 0 Å². The van der Waals surface area contributed by atoms with Crippen molar-refractivity contribution >= 4 is 5.91 Å². The number of hydrogen-bond donors (Lipinski definition) is 2. The van der Waals surface area contributed by atoms with E-state index >= 15 is 0 Å². The molecule has 0 bridgehead atoms. The lowest BCUT2D eigenvalue weighted by Crippen LogP contribution is -2.26. The molecule has 1 amide bonds. The van der Waals surface area contributed by atoms with Gasteiger partial charge in [0.2, 0.25) is 0 Å². The maximum Gasteiger partial charge on any atom is 0.252 e. The Morgan fingerprint density at radius 2 is 2.25 bits per heavy atom. The van der Waals surface area contributed by atoms with Gasteiger partial charge in [-0.2, -0.15) is 0 Å². The van der Waals surface area contributed by atoms with E-state index in [-0.39, 0.29) is 12.5 Å². The lowest BCUT2D eigenvalue weighted by molar-refractivity contribution is 0.0944. The number of carbonyl (C=O) groups excluding carboxylic acids is 1. The zero-order valence-electron chi connectivity index (χ0n) is 12.2. The van der Waals surface area contributed by atoms with E-state index in [0.29, 0.717) is 25.3 Å². The number of benzene rings is 1. The monoisotopic (exact) mass is 274 g/mol. The second-order valence-corrected chi connectivity index (χ2v) is 4.36. The van der Waals surface area contributed by atoms with Crippen LogP contribution in [0.5, 0.6) is 0 Å². The molecule has 108 valence electrons. The zero-order valence-corrected chi connectivity index (χ0v) is 12.2. The SMILES string of the molecule is CCOCCCNC(=O)c1ccc(C)cc1C#CCN. The molecule has 20 heavy (non-hydrogen) atoms. The van der Waals surface area contributed by atoms with Crippen LogP contribution in [-0.4, -0.2) is 32.2 Å². The molecule has 1 rings (SSSR count). The van der Waals surface area contributed by atoms with Crippen LogP contribution in [0.4, 0.5) is 0 Å². The highest BCUT2D eigenvalue weighted by atomic mass is 16.5. The van der Waals surface area contributed by atoms with Crippen molar-refractivity contribution in [3.63, 3.8) is 0 Å². The lowest BCUT2D eigenvalue weighted by Gasteiger charge is -2.08.